The molecule has 1 heterocycles. The molecule has 6 heteroatoms. The van der Waals surface area contributed by atoms with Crippen LogP contribution in [0, 0.1) is 11.3 Å². The molecule has 1 aromatic rings. The van der Waals surface area contributed by atoms with Crippen molar-refractivity contribution in [3.8, 4) is 6.07 Å². The second kappa shape index (κ2) is 6.11. The Hall–Kier alpha value is -1.74. The van der Waals surface area contributed by atoms with Gasteiger partial charge in [0.05, 0.1) is 5.75 Å². The molecule has 0 aromatic carbocycles. The monoisotopic (exact) mass is 251 g/mol. The van der Waals surface area contributed by atoms with Gasteiger partial charge in [-0.15, -0.1) is 0 Å². The van der Waals surface area contributed by atoms with Crippen molar-refractivity contribution in [2.75, 3.05) is 19.8 Å². The molecule has 1 atom stereocenters. The normalized spacial score (nSPS) is 11.6. The van der Waals surface area contributed by atoms with E-state index < -0.39 is 10.8 Å². The summed E-state index contributed by atoms with van der Waals surface area (Å²) in [5.41, 5.74) is 0.873. The Kier molecular flexibility index (Phi) is 4.79. The van der Waals surface area contributed by atoms with Crippen molar-refractivity contribution in [2.24, 2.45) is 0 Å². The Balaban J connectivity index is 2.69. The Bertz CT molecular complexity index is 480. The third-order valence-electron chi connectivity index (χ3n) is 2.10. The summed E-state index contributed by atoms with van der Waals surface area (Å²) in [5, 5.41) is 8.81. The summed E-state index contributed by atoms with van der Waals surface area (Å²) in [4.78, 5) is 16.6. The minimum Gasteiger partial charge on any atom is -0.348 e. The van der Waals surface area contributed by atoms with E-state index in [4.69, 9.17) is 5.26 Å². The van der Waals surface area contributed by atoms with Crippen LogP contribution in [0.15, 0.2) is 18.3 Å². The predicted octanol–water partition coefficient (Wildman–Crippen LogP) is 0.290. The van der Waals surface area contributed by atoms with Gasteiger partial charge in [-0.05, 0) is 6.07 Å². The van der Waals surface area contributed by atoms with E-state index in [2.05, 4.69) is 4.98 Å². The van der Waals surface area contributed by atoms with E-state index in [-0.39, 0.29) is 23.1 Å². The fourth-order valence-electron chi connectivity index (χ4n) is 1.15. The fourth-order valence-corrected chi connectivity index (χ4v) is 2.36. The van der Waals surface area contributed by atoms with Crippen LogP contribution in [0.5, 0.6) is 0 Å². The van der Waals surface area contributed by atoms with E-state index >= 15 is 0 Å². The molecule has 90 valence electrons. The zero-order valence-electron chi connectivity index (χ0n) is 9.71. The smallest absolute Gasteiger partial charge is 0.234 e. The SMILES string of the molecule is CN(C)C(=O)CS(=O)Cc1cccnc1C#N. The molecule has 0 aliphatic heterocycles. The molecule has 0 aliphatic carbocycles. The molecule has 5 nitrogen and oxygen atoms in total. The van der Waals surface area contributed by atoms with Crippen LogP contribution < -0.4 is 0 Å². The number of amides is 1. The molecule has 17 heavy (non-hydrogen) atoms. The van der Waals surface area contributed by atoms with E-state index in [0.717, 1.165) is 0 Å². The first-order chi connectivity index (χ1) is 8.04. The van der Waals surface area contributed by atoms with Crippen molar-refractivity contribution >= 4 is 16.7 Å². The average Bonchev–Trinajstić information content (AvgIpc) is 2.29. The molecule has 1 rings (SSSR count). The van der Waals surface area contributed by atoms with Gasteiger partial charge in [-0.25, -0.2) is 4.98 Å². The quantitative estimate of drug-likeness (QED) is 0.771. The highest BCUT2D eigenvalue weighted by Gasteiger charge is 2.12. The van der Waals surface area contributed by atoms with Crippen molar-refractivity contribution in [3.63, 3.8) is 0 Å². The summed E-state index contributed by atoms with van der Waals surface area (Å²) < 4.78 is 11.7. The molecule has 0 spiro atoms. The summed E-state index contributed by atoms with van der Waals surface area (Å²) in [6.07, 6.45) is 1.51. The molecule has 1 amide bonds. The van der Waals surface area contributed by atoms with Crippen molar-refractivity contribution in [1.29, 1.82) is 5.26 Å². The van der Waals surface area contributed by atoms with Gasteiger partial charge in [0.15, 0.2) is 0 Å². The molecule has 0 fully saturated rings. The second-order valence-electron chi connectivity index (χ2n) is 3.64. The Labute approximate surface area is 103 Å². The maximum absolute atomic E-state index is 11.7. The molecular formula is C11H13N3O2S. The maximum atomic E-state index is 11.7. The number of nitriles is 1. The van der Waals surface area contributed by atoms with Crippen LogP contribution in [0.4, 0.5) is 0 Å². The fraction of sp³-hybridized carbons (Fsp3) is 0.364. The number of aromatic nitrogens is 1. The molecule has 0 bridgehead atoms. The molecule has 0 N–H and O–H groups in total. The van der Waals surface area contributed by atoms with Gasteiger partial charge in [-0.2, -0.15) is 5.26 Å². The van der Waals surface area contributed by atoms with Crippen molar-refractivity contribution < 1.29 is 9.00 Å². The molecule has 0 saturated heterocycles. The van der Waals surface area contributed by atoms with Crippen LogP contribution in [0.25, 0.3) is 0 Å². The van der Waals surface area contributed by atoms with E-state index in [1.54, 1.807) is 26.2 Å². The number of nitrogens with zero attached hydrogens (tertiary/aromatic N) is 3. The first kappa shape index (κ1) is 13.3. The number of carbonyl (C=O) groups excluding carboxylic acids is 1. The minimum absolute atomic E-state index is 0.0350. The molecular weight excluding hydrogens is 238 g/mol. The highest BCUT2D eigenvalue weighted by molar-refractivity contribution is 7.84. The van der Waals surface area contributed by atoms with E-state index in [1.807, 2.05) is 6.07 Å². The van der Waals surface area contributed by atoms with Crippen molar-refractivity contribution in [1.82, 2.24) is 9.88 Å². The predicted molar refractivity (Wildman–Crippen MR) is 64.4 cm³/mol. The van der Waals surface area contributed by atoms with Crippen LogP contribution in [0.3, 0.4) is 0 Å². The van der Waals surface area contributed by atoms with Gasteiger partial charge in [0, 0.05) is 36.7 Å². The number of hydrogen-bond donors (Lipinski definition) is 0. The largest absolute Gasteiger partial charge is 0.348 e. The molecule has 0 aliphatic rings. The zero-order valence-corrected chi connectivity index (χ0v) is 10.5. The number of pyridine rings is 1. The number of carbonyl (C=O) groups is 1. The second-order valence-corrected chi connectivity index (χ2v) is 5.10. The lowest BCUT2D eigenvalue weighted by molar-refractivity contribution is -0.125. The summed E-state index contributed by atoms with van der Waals surface area (Å²) in [6.45, 7) is 0. The van der Waals surface area contributed by atoms with Crippen LogP contribution in [-0.4, -0.2) is 39.8 Å². The Morgan fingerprint density at radius 2 is 2.29 bits per heavy atom. The summed E-state index contributed by atoms with van der Waals surface area (Å²) in [5.74, 6) is -0.0472. The average molecular weight is 251 g/mol. The zero-order chi connectivity index (χ0) is 12.8. The van der Waals surface area contributed by atoms with E-state index in [1.165, 1.54) is 11.1 Å². The number of rotatable bonds is 4. The van der Waals surface area contributed by atoms with Gasteiger partial charge in [0.1, 0.15) is 17.5 Å². The van der Waals surface area contributed by atoms with Gasteiger partial charge < -0.3 is 4.90 Å². The van der Waals surface area contributed by atoms with E-state index in [9.17, 15) is 9.00 Å². The van der Waals surface area contributed by atoms with Crippen LogP contribution in [0.2, 0.25) is 0 Å². The highest BCUT2D eigenvalue weighted by Crippen LogP contribution is 2.07. The maximum Gasteiger partial charge on any atom is 0.234 e. The Morgan fingerprint density at radius 1 is 1.59 bits per heavy atom. The molecule has 1 unspecified atom stereocenters. The van der Waals surface area contributed by atoms with Gasteiger partial charge in [0.2, 0.25) is 5.91 Å². The lowest BCUT2D eigenvalue weighted by Gasteiger charge is -2.09. The van der Waals surface area contributed by atoms with E-state index in [0.29, 0.717) is 5.56 Å². The number of hydrogen-bond acceptors (Lipinski definition) is 4. The van der Waals surface area contributed by atoms with Gasteiger partial charge in [-0.1, -0.05) is 6.07 Å². The Morgan fingerprint density at radius 3 is 2.88 bits per heavy atom. The van der Waals surface area contributed by atoms with Crippen LogP contribution in [-0.2, 0) is 21.3 Å². The first-order valence-corrected chi connectivity index (χ1v) is 6.42. The standard InChI is InChI=1S/C11H13N3O2S/c1-14(2)11(15)8-17(16)7-9-4-3-5-13-10(9)6-12/h3-5H,7-8H2,1-2H3. The molecule has 1 aromatic heterocycles. The van der Waals surface area contributed by atoms with Crippen LogP contribution in [0.1, 0.15) is 11.3 Å². The lowest BCUT2D eigenvalue weighted by Crippen LogP contribution is -2.27. The topological polar surface area (TPSA) is 74.1 Å². The van der Waals surface area contributed by atoms with Gasteiger partial charge in [0.25, 0.3) is 0 Å². The van der Waals surface area contributed by atoms with Gasteiger partial charge in [-0.3, -0.25) is 9.00 Å². The van der Waals surface area contributed by atoms with Crippen molar-refractivity contribution in [3.05, 3.63) is 29.6 Å². The summed E-state index contributed by atoms with van der Waals surface area (Å²) in [6, 6.07) is 5.32. The molecule has 0 radical (unpaired) electrons. The third kappa shape index (κ3) is 3.96. The summed E-state index contributed by atoms with van der Waals surface area (Å²) >= 11 is 0. The minimum atomic E-state index is -1.32. The van der Waals surface area contributed by atoms with Crippen molar-refractivity contribution in [2.45, 2.75) is 5.75 Å². The van der Waals surface area contributed by atoms with Gasteiger partial charge >= 0.3 is 0 Å². The molecule has 0 saturated carbocycles. The highest BCUT2D eigenvalue weighted by atomic mass is 32.2. The van der Waals surface area contributed by atoms with Crippen LogP contribution >= 0.6 is 0 Å². The lowest BCUT2D eigenvalue weighted by atomic mass is 10.2. The summed E-state index contributed by atoms with van der Waals surface area (Å²) in [7, 11) is 1.91. The first-order valence-electron chi connectivity index (χ1n) is 4.93. The third-order valence-corrected chi connectivity index (χ3v) is 3.30.